The summed E-state index contributed by atoms with van der Waals surface area (Å²) in [5, 5.41) is 5.82. The highest BCUT2D eigenvalue weighted by atomic mass is 35.5. The van der Waals surface area contributed by atoms with Crippen molar-refractivity contribution in [2.75, 3.05) is 39.6 Å². The first-order chi connectivity index (χ1) is 12.1. The van der Waals surface area contributed by atoms with Crippen LogP contribution in [0.4, 0.5) is 5.69 Å². The van der Waals surface area contributed by atoms with E-state index < -0.39 is 0 Å². The van der Waals surface area contributed by atoms with Crippen molar-refractivity contribution in [1.82, 2.24) is 10.2 Å². The minimum absolute atomic E-state index is 0. The molecule has 26 heavy (non-hydrogen) atoms. The summed E-state index contributed by atoms with van der Waals surface area (Å²) in [5.41, 5.74) is 1.44. The number of carbonyl (C=O) groups is 2. The number of halogens is 1. The minimum Gasteiger partial charge on any atom is -0.497 e. The Balaban J connectivity index is 0.00000338. The summed E-state index contributed by atoms with van der Waals surface area (Å²) < 4.78 is 5.09. The second-order valence-electron chi connectivity index (χ2n) is 5.56. The summed E-state index contributed by atoms with van der Waals surface area (Å²) in [6.07, 6.45) is 0. The van der Waals surface area contributed by atoms with Crippen molar-refractivity contribution in [3.05, 3.63) is 59.7 Å². The number of anilines is 1. The number of carbonyl (C=O) groups excluding carboxylic acids is 2. The smallest absolute Gasteiger partial charge is 0.255 e. The van der Waals surface area contributed by atoms with E-state index in [9.17, 15) is 9.59 Å². The zero-order chi connectivity index (χ0) is 18.2. The minimum atomic E-state index is -0.277. The largest absolute Gasteiger partial charge is 0.497 e. The molecular formula is C19H24ClN3O3. The molecule has 0 heterocycles. The Morgan fingerprint density at radius 2 is 1.73 bits per heavy atom. The predicted molar refractivity (Wildman–Crippen MR) is 106 cm³/mol. The van der Waals surface area contributed by atoms with Crippen LogP contribution >= 0.6 is 12.4 Å². The number of hydrogen-bond acceptors (Lipinski definition) is 4. The molecule has 140 valence electrons. The van der Waals surface area contributed by atoms with Gasteiger partial charge in [0.15, 0.2) is 0 Å². The molecule has 2 aromatic carbocycles. The number of hydrogen-bond donors (Lipinski definition) is 2. The van der Waals surface area contributed by atoms with Gasteiger partial charge in [0.2, 0.25) is 0 Å². The molecule has 0 atom stereocenters. The zero-order valence-electron chi connectivity index (χ0n) is 15.1. The van der Waals surface area contributed by atoms with Crippen LogP contribution in [0.2, 0.25) is 0 Å². The molecule has 2 amide bonds. The van der Waals surface area contributed by atoms with Gasteiger partial charge < -0.3 is 20.3 Å². The van der Waals surface area contributed by atoms with E-state index in [2.05, 4.69) is 10.6 Å². The molecule has 2 N–H and O–H groups in total. The predicted octanol–water partition coefficient (Wildman–Crippen LogP) is 2.66. The molecule has 0 spiro atoms. The molecule has 0 unspecified atom stereocenters. The second-order valence-corrected chi connectivity index (χ2v) is 5.56. The lowest BCUT2D eigenvalue weighted by atomic mass is 10.1. The van der Waals surface area contributed by atoms with Crippen molar-refractivity contribution >= 4 is 29.9 Å². The van der Waals surface area contributed by atoms with E-state index >= 15 is 0 Å². The van der Waals surface area contributed by atoms with Crippen LogP contribution in [0.1, 0.15) is 20.7 Å². The Kier molecular flexibility index (Phi) is 8.61. The molecule has 0 aliphatic rings. The summed E-state index contributed by atoms with van der Waals surface area (Å²) >= 11 is 0. The van der Waals surface area contributed by atoms with Gasteiger partial charge in [-0.3, -0.25) is 9.59 Å². The van der Waals surface area contributed by atoms with Crippen molar-refractivity contribution in [2.45, 2.75) is 0 Å². The van der Waals surface area contributed by atoms with Gasteiger partial charge in [-0.1, -0.05) is 12.1 Å². The lowest BCUT2D eigenvalue weighted by molar-refractivity contribution is 0.0798. The topological polar surface area (TPSA) is 70.7 Å². The van der Waals surface area contributed by atoms with Crippen LogP contribution in [-0.4, -0.2) is 51.0 Å². The molecule has 6 nitrogen and oxygen atoms in total. The summed E-state index contributed by atoms with van der Waals surface area (Å²) in [5.74, 6) is 0.264. The molecule has 0 saturated heterocycles. The van der Waals surface area contributed by atoms with Crippen LogP contribution in [0.15, 0.2) is 48.5 Å². The van der Waals surface area contributed by atoms with Crippen molar-refractivity contribution in [2.24, 2.45) is 0 Å². The maximum atomic E-state index is 12.6. The van der Waals surface area contributed by atoms with Gasteiger partial charge >= 0.3 is 0 Å². The lowest BCUT2D eigenvalue weighted by Crippen LogP contribution is -2.33. The average Bonchev–Trinajstić information content (AvgIpc) is 2.66. The van der Waals surface area contributed by atoms with Gasteiger partial charge in [0.05, 0.1) is 18.4 Å². The number of methoxy groups -OCH3 is 1. The standard InChI is InChI=1S/C19H23N3O3.ClH/c1-20-12-13-22(2)19(24)16-6-4-5-7-17(16)21-18(23)14-8-10-15(25-3)11-9-14;/h4-11,20H,12-13H2,1-3H3,(H,21,23);1H. The van der Waals surface area contributed by atoms with E-state index in [1.54, 1.807) is 67.6 Å². The number of likely N-dealkylation sites (N-methyl/N-ethyl adjacent to an activating group) is 2. The van der Waals surface area contributed by atoms with Gasteiger partial charge in [0.1, 0.15) is 5.75 Å². The number of nitrogens with one attached hydrogen (secondary N) is 2. The quantitative estimate of drug-likeness (QED) is 0.778. The Hall–Kier alpha value is -2.57. The Morgan fingerprint density at radius 3 is 2.35 bits per heavy atom. The summed E-state index contributed by atoms with van der Waals surface area (Å²) in [7, 11) is 5.14. The molecule has 0 fully saturated rings. The third-order valence-corrected chi connectivity index (χ3v) is 3.80. The molecule has 2 rings (SSSR count). The Bertz CT molecular complexity index is 735. The lowest BCUT2D eigenvalue weighted by Gasteiger charge is -2.19. The highest BCUT2D eigenvalue weighted by molar-refractivity contribution is 6.09. The second kappa shape index (κ2) is 10.4. The zero-order valence-corrected chi connectivity index (χ0v) is 15.9. The highest BCUT2D eigenvalue weighted by Gasteiger charge is 2.17. The first kappa shape index (κ1) is 21.5. The van der Waals surface area contributed by atoms with Gasteiger partial charge in [-0.15, -0.1) is 12.4 Å². The van der Waals surface area contributed by atoms with E-state index in [0.717, 1.165) is 0 Å². The third-order valence-electron chi connectivity index (χ3n) is 3.80. The Labute approximate surface area is 159 Å². The van der Waals surface area contributed by atoms with E-state index in [1.165, 1.54) is 0 Å². The van der Waals surface area contributed by atoms with E-state index in [-0.39, 0.29) is 24.2 Å². The van der Waals surface area contributed by atoms with E-state index in [4.69, 9.17) is 4.74 Å². The normalized spacial score (nSPS) is 9.81. The fourth-order valence-electron chi connectivity index (χ4n) is 2.30. The van der Waals surface area contributed by atoms with Crippen LogP contribution in [0.25, 0.3) is 0 Å². The highest BCUT2D eigenvalue weighted by Crippen LogP contribution is 2.19. The third kappa shape index (κ3) is 5.47. The van der Waals surface area contributed by atoms with Gasteiger partial charge in [0, 0.05) is 25.7 Å². The molecule has 7 heteroatoms. The van der Waals surface area contributed by atoms with Crippen molar-refractivity contribution in [3.8, 4) is 5.75 Å². The number of benzene rings is 2. The molecular weight excluding hydrogens is 354 g/mol. The fraction of sp³-hybridized carbons (Fsp3) is 0.263. The van der Waals surface area contributed by atoms with Crippen molar-refractivity contribution in [3.63, 3.8) is 0 Å². The Morgan fingerprint density at radius 1 is 1.08 bits per heavy atom. The SMILES string of the molecule is CNCCN(C)C(=O)c1ccccc1NC(=O)c1ccc(OC)cc1.Cl. The van der Waals surface area contributed by atoms with Crippen LogP contribution in [0.5, 0.6) is 5.75 Å². The van der Waals surface area contributed by atoms with Gasteiger partial charge in [-0.05, 0) is 43.4 Å². The first-order valence-corrected chi connectivity index (χ1v) is 8.01. The van der Waals surface area contributed by atoms with Crippen molar-refractivity contribution < 1.29 is 14.3 Å². The number of amides is 2. The first-order valence-electron chi connectivity index (χ1n) is 8.01. The molecule has 0 aliphatic carbocycles. The maximum absolute atomic E-state index is 12.6. The van der Waals surface area contributed by atoms with Crippen LogP contribution in [0, 0.1) is 0 Å². The molecule has 2 aromatic rings. The molecule has 0 bridgehead atoms. The van der Waals surface area contributed by atoms with Gasteiger partial charge in [-0.25, -0.2) is 0 Å². The van der Waals surface area contributed by atoms with Crippen molar-refractivity contribution in [1.29, 1.82) is 0 Å². The average molecular weight is 378 g/mol. The number of para-hydroxylation sites is 1. The van der Waals surface area contributed by atoms with E-state index in [0.29, 0.717) is 35.7 Å². The van der Waals surface area contributed by atoms with E-state index in [1.807, 2.05) is 7.05 Å². The monoisotopic (exact) mass is 377 g/mol. The summed E-state index contributed by atoms with van der Waals surface area (Å²) in [6.45, 7) is 1.28. The molecule has 0 aromatic heterocycles. The van der Waals surface area contributed by atoms with Crippen LogP contribution in [0.3, 0.4) is 0 Å². The molecule has 0 aliphatic heterocycles. The number of ether oxygens (including phenoxy) is 1. The summed E-state index contributed by atoms with van der Waals surface area (Å²) in [6, 6.07) is 13.8. The van der Waals surface area contributed by atoms with Crippen LogP contribution < -0.4 is 15.4 Å². The number of rotatable bonds is 7. The molecule has 0 radical (unpaired) electrons. The van der Waals surface area contributed by atoms with Gasteiger partial charge in [0.25, 0.3) is 11.8 Å². The maximum Gasteiger partial charge on any atom is 0.255 e. The summed E-state index contributed by atoms with van der Waals surface area (Å²) in [4.78, 5) is 26.7. The fourth-order valence-corrected chi connectivity index (χ4v) is 2.30. The van der Waals surface area contributed by atoms with Gasteiger partial charge in [-0.2, -0.15) is 0 Å². The molecule has 0 saturated carbocycles. The van der Waals surface area contributed by atoms with Crippen LogP contribution in [-0.2, 0) is 0 Å². The number of nitrogens with zero attached hydrogens (tertiary/aromatic N) is 1.